The van der Waals surface area contributed by atoms with Crippen LogP contribution in [0.5, 0.6) is 0 Å². The lowest BCUT2D eigenvalue weighted by Crippen LogP contribution is -2.05. The number of aromatic nitrogens is 1. The van der Waals surface area contributed by atoms with E-state index in [0.717, 1.165) is 12.3 Å². The van der Waals surface area contributed by atoms with Crippen molar-refractivity contribution in [2.24, 2.45) is 5.73 Å². The van der Waals surface area contributed by atoms with Crippen LogP contribution in [0.25, 0.3) is 0 Å². The average molecular weight is 200 g/mol. The van der Waals surface area contributed by atoms with E-state index in [0.29, 0.717) is 0 Å². The lowest BCUT2D eigenvalue weighted by molar-refractivity contribution is -0.137. The molecule has 1 rings (SSSR count). The Bertz CT molecular complexity index is 356. The normalized spacial score (nSPS) is 10.6. The molecule has 1 aromatic rings. The predicted molar refractivity (Wildman–Crippen MR) is 45.2 cm³/mol. The Kier molecular flexibility index (Phi) is 3.10. The zero-order valence-corrected chi connectivity index (χ0v) is 7.10. The molecule has 0 unspecified atom stereocenters. The molecule has 0 saturated carbocycles. The van der Waals surface area contributed by atoms with Crippen molar-refractivity contribution in [2.75, 3.05) is 6.54 Å². The van der Waals surface area contributed by atoms with Crippen molar-refractivity contribution in [1.82, 2.24) is 4.98 Å². The number of nitrogens with two attached hydrogens (primary N) is 1. The fourth-order valence-electron chi connectivity index (χ4n) is 0.777. The Hall–Kier alpha value is -1.54. The number of halogens is 3. The summed E-state index contributed by atoms with van der Waals surface area (Å²) >= 11 is 0. The van der Waals surface area contributed by atoms with Gasteiger partial charge in [0.2, 0.25) is 0 Å². The van der Waals surface area contributed by atoms with Gasteiger partial charge in [0.15, 0.2) is 0 Å². The molecule has 2 N–H and O–H groups in total. The van der Waals surface area contributed by atoms with Crippen LogP contribution in [0.3, 0.4) is 0 Å². The van der Waals surface area contributed by atoms with E-state index >= 15 is 0 Å². The van der Waals surface area contributed by atoms with E-state index in [2.05, 4.69) is 16.8 Å². The topological polar surface area (TPSA) is 38.9 Å². The fourth-order valence-corrected chi connectivity index (χ4v) is 0.777. The molecule has 0 fully saturated rings. The highest BCUT2D eigenvalue weighted by atomic mass is 19.4. The van der Waals surface area contributed by atoms with E-state index in [9.17, 15) is 13.2 Å². The molecule has 0 amide bonds. The van der Waals surface area contributed by atoms with Crippen molar-refractivity contribution in [3.05, 3.63) is 29.6 Å². The molecule has 0 bridgehead atoms. The first-order valence-electron chi connectivity index (χ1n) is 3.76. The number of hydrogen-bond acceptors (Lipinski definition) is 2. The Morgan fingerprint density at radius 3 is 2.50 bits per heavy atom. The van der Waals surface area contributed by atoms with E-state index in [4.69, 9.17) is 5.73 Å². The SMILES string of the molecule is NCC#Cc1ccc(C(F)(F)F)cn1. The summed E-state index contributed by atoms with van der Waals surface area (Å²) in [5.74, 6) is 5.03. The third kappa shape index (κ3) is 2.75. The molecule has 1 heterocycles. The highest BCUT2D eigenvalue weighted by Crippen LogP contribution is 2.28. The molecule has 0 aliphatic heterocycles. The Morgan fingerprint density at radius 2 is 2.07 bits per heavy atom. The fraction of sp³-hybridized carbons (Fsp3) is 0.222. The molecule has 14 heavy (non-hydrogen) atoms. The van der Waals surface area contributed by atoms with Gasteiger partial charge in [-0.3, -0.25) is 0 Å². The Balaban J connectivity index is 2.89. The lowest BCUT2D eigenvalue weighted by Gasteiger charge is -2.04. The van der Waals surface area contributed by atoms with E-state index in [1.807, 2.05) is 0 Å². The monoisotopic (exact) mass is 200 g/mol. The van der Waals surface area contributed by atoms with Gasteiger partial charge in [-0.25, -0.2) is 4.98 Å². The summed E-state index contributed by atoms with van der Waals surface area (Å²) in [6.07, 6.45) is -3.60. The van der Waals surface area contributed by atoms with Crippen LogP contribution in [-0.4, -0.2) is 11.5 Å². The molecule has 0 atom stereocenters. The largest absolute Gasteiger partial charge is 0.417 e. The zero-order valence-electron chi connectivity index (χ0n) is 7.10. The first-order chi connectivity index (χ1) is 6.54. The molecule has 0 aliphatic rings. The molecule has 0 aliphatic carbocycles. The molecule has 2 nitrogen and oxygen atoms in total. The Labute approximate surface area is 78.9 Å². The second-order valence-corrected chi connectivity index (χ2v) is 2.44. The van der Waals surface area contributed by atoms with Crippen LogP contribution in [0, 0.1) is 11.8 Å². The zero-order chi connectivity index (χ0) is 10.6. The lowest BCUT2D eigenvalue weighted by atomic mass is 10.2. The van der Waals surface area contributed by atoms with E-state index in [1.165, 1.54) is 6.07 Å². The minimum atomic E-state index is -4.35. The van der Waals surface area contributed by atoms with Crippen LogP contribution in [0.15, 0.2) is 18.3 Å². The average Bonchev–Trinajstić information content (AvgIpc) is 2.14. The predicted octanol–water partition coefficient (Wildman–Crippen LogP) is 1.41. The van der Waals surface area contributed by atoms with Crippen LogP contribution in [0.4, 0.5) is 13.2 Å². The number of nitrogens with zero attached hydrogens (tertiary/aromatic N) is 1. The number of hydrogen-bond donors (Lipinski definition) is 1. The molecule has 0 saturated heterocycles. The first-order valence-corrected chi connectivity index (χ1v) is 3.76. The summed E-state index contributed by atoms with van der Waals surface area (Å²) in [5.41, 5.74) is 4.59. The highest BCUT2D eigenvalue weighted by molar-refractivity contribution is 5.29. The van der Waals surface area contributed by atoms with E-state index in [1.54, 1.807) is 0 Å². The molecule has 0 aromatic carbocycles. The minimum Gasteiger partial charge on any atom is -0.320 e. The van der Waals surface area contributed by atoms with Gasteiger partial charge in [0, 0.05) is 6.20 Å². The minimum absolute atomic E-state index is 0.155. The van der Waals surface area contributed by atoms with Gasteiger partial charge in [-0.15, -0.1) is 0 Å². The van der Waals surface area contributed by atoms with Gasteiger partial charge in [-0.1, -0.05) is 5.92 Å². The third-order valence-electron chi connectivity index (χ3n) is 1.41. The molecule has 0 spiro atoms. The molecule has 0 radical (unpaired) electrons. The van der Waals surface area contributed by atoms with Gasteiger partial charge in [-0.2, -0.15) is 13.2 Å². The highest BCUT2D eigenvalue weighted by Gasteiger charge is 2.30. The van der Waals surface area contributed by atoms with Crippen molar-refractivity contribution in [3.63, 3.8) is 0 Å². The van der Waals surface area contributed by atoms with E-state index < -0.39 is 11.7 Å². The summed E-state index contributed by atoms with van der Waals surface area (Å²) in [6, 6.07) is 2.15. The maximum absolute atomic E-state index is 12.1. The standard InChI is InChI=1S/C9H7F3N2/c10-9(11,12)7-3-4-8(14-6-7)2-1-5-13/h3-4,6H,5,13H2. The quantitative estimate of drug-likeness (QED) is 0.643. The molecule has 74 valence electrons. The number of pyridine rings is 1. The van der Waals surface area contributed by atoms with Gasteiger partial charge in [0.1, 0.15) is 5.69 Å². The van der Waals surface area contributed by atoms with Crippen LogP contribution in [0.2, 0.25) is 0 Å². The molecular weight excluding hydrogens is 193 g/mol. The first kappa shape index (κ1) is 10.5. The Morgan fingerprint density at radius 1 is 1.36 bits per heavy atom. The smallest absolute Gasteiger partial charge is 0.320 e. The van der Waals surface area contributed by atoms with Crippen molar-refractivity contribution < 1.29 is 13.2 Å². The molecule has 1 aromatic heterocycles. The summed E-state index contributed by atoms with van der Waals surface area (Å²) in [6.45, 7) is 0.155. The second-order valence-electron chi connectivity index (χ2n) is 2.44. The summed E-state index contributed by atoms with van der Waals surface area (Å²) in [4.78, 5) is 3.53. The summed E-state index contributed by atoms with van der Waals surface area (Å²) < 4.78 is 36.2. The third-order valence-corrected chi connectivity index (χ3v) is 1.41. The van der Waals surface area contributed by atoms with Gasteiger partial charge < -0.3 is 5.73 Å². The maximum atomic E-state index is 12.1. The van der Waals surface area contributed by atoms with Crippen molar-refractivity contribution in [2.45, 2.75) is 6.18 Å². The van der Waals surface area contributed by atoms with Crippen LogP contribution < -0.4 is 5.73 Å². The van der Waals surface area contributed by atoms with Crippen molar-refractivity contribution >= 4 is 0 Å². The van der Waals surface area contributed by atoms with Crippen LogP contribution >= 0.6 is 0 Å². The van der Waals surface area contributed by atoms with Crippen LogP contribution in [-0.2, 0) is 6.18 Å². The van der Waals surface area contributed by atoms with E-state index in [-0.39, 0.29) is 12.2 Å². The number of rotatable bonds is 0. The molecule has 5 heteroatoms. The molecular formula is C9H7F3N2. The van der Waals surface area contributed by atoms with Gasteiger partial charge in [0.25, 0.3) is 0 Å². The van der Waals surface area contributed by atoms with Crippen molar-refractivity contribution in [3.8, 4) is 11.8 Å². The summed E-state index contributed by atoms with van der Waals surface area (Å²) in [7, 11) is 0. The second kappa shape index (κ2) is 4.11. The van der Waals surface area contributed by atoms with Gasteiger partial charge in [0.05, 0.1) is 12.1 Å². The van der Waals surface area contributed by atoms with Gasteiger partial charge in [-0.05, 0) is 18.1 Å². The maximum Gasteiger partial charge on any atom is 0.417 e. The summed E-state index contributed by atoms with van der Waals surface area (Å²) in [5, 5.41) is 0. The van der Waals surface area contributed by atoms with Crippen molar-refractivity contribution in [1.29, 1.82) is 0 Å². The number of alkyl halides is 3. The van der Waals surface area contributed by atoms with Gasteiger partial charge >= 0.3 is 6.18 Å². The van der Waals surface area contributed by atoms with Crippen LogP contribution in [0.1, 0.15) is 11.3 Å².